The molecule has 0 bridgehead atoms. The number of allylic oxidation sites excluding steroid dienone is 1. The van der Waals surface area contributed by atoms with Crippen molar-refractivity contribution in [2.75, 3.05) is 7.11 Å². The van der Waals surface area contributed by atoms with E-state index in [1.165, 1.54) is 0 Å². The summed E-state index contributed by atoms with van der Waals surface area (Å²) >= 11 is 3.85. The third-order valence-electron chi connectivity index (χ3n) is 4.30. The molecule has 0 spiro atoms. The van der Waals surface area contributed by atoms with E-state index in [1.54, 1.807) is 18.4 Å². The van der Waals surface area contributed by atoms with Gasteiger partial charge in [-0.3, -0.25) is 3.11 Å². The van der Waals surface area contributed by atoms with Gasteiger partial charge in [0.2, 0.25) is 0 Å². The van der Waals surface area contributed by atoms with Crippen LogP contribution in [0.25, 0.3) is 6.08 Å². The first-order chi connectivity index (χ1) is 12.5. The number of thiophene rings is 1. The number of benzene rings is 1. The summed E-state index contributed by atoms with van der Waals surface area (Å²) in [5, 5.41) is 11.7. The predicted molar refractivity (Wildman–Crippen MR) is 110 cm³/mol. The van der Waals surface area contributed by atoms with E-state index < -0.39 is 18.3 Å². The molecule has 138 valence electrons. The number of para-hydroxylation sites is 1. The maximum atomic E-state index is 11.9. The predicted octanol–water partition coefficient (Wildman–Crippen LogP) is 4.88. The molecular formula is C19H20INO4S. The van der Waals surface area contributed by atoms with E-state index in [0.29, 0.717) is 5.75 Å². The Bertz CT molecular complexity index is 819. The van der Waals surface area contributed by atoms with Gasteiger partial charge in [0, 0.05) is 22.6 Å². The minimum absolute atomic E-state index is 0.241. The molecule has 2 atom stereocenters. The van der Waals surface area contributed by atoms with Crippen molar-refractivity contribution in [3.05, 3.63) is 57.4 Å². The molecule has 0 saturated carbocycles. The molecule has 1 aliphatic heterocycles. The van der Waals surface area contributed by atoms with Gasteiger partial charge >= 0.3 is 5.97 Å². The molecule has 3 rings (SSSR count). The van der Waals surface area contributed by atoms with Gasteiger partial charge in [0.15, 0.2) is 12.3 Å². The third kappa shape index (κ3) is 3.89. The quantitative estimate of drug-likeness (QED) is 0.448. The normalized spacial score (nSPS) is 17.4. The molecule has 0 fully saturated rings. The zero-order chi connectivity index (χ0) is 18.7. The lowest BCUT2D eigenvalue weighted by atomic mass is 10.1. The topological polar surface area (TPSA) is 59.0 Å². The second-order valence-electron chi connectivity index (χ2n) is 5.87. The van der Waals surface area contributed by atoms with Gasteiger partial charge in [-0.25, -0.2) is 4.79 Å². The van der Waals surface area contributed by atoms with Crippen LogP contribution in [0.15, 0.2) is 41.4 Å². The van der Waals surface area contributed by atoms with E-state index in [1.807, 2.05) is 38.8 Å². The van der Waals surface area contributed by atoms with Crippen molar-refractivity contribution < 1.29 is 19.4 Å². The van der Waals surface area contributed by atoms with Crippen molar-refractivity contribution in [3.63, 3.8) is 0 Å². The van der Waals surface area contributed by atoms with Gasteiger partial charge in [-0.2, -0.15) is 0 Å². The molecule has 5 nitrogen and oxygen atoms in total. The van der Waals surface area contributed by atoms with Gasteiger partial charge in [0.1, 0.15) is 5.75 Å². The van der Waals surface area contributed by atoms with Crippen LogP contribution in [0.3, 0.4) is 0 Å². The highest BCUT2D eigenvalue weighted by Gasteiger charge is 2.33. The number of fused-ring (bicyclic) bond motifs is 1. The largest absolute Gasteiger partial charge is 0.496 e. The van der Waals surface area contributed by atoms with Crippen molar-refractivity contribution in [1.29, 1.82) is 0 Å². The molecule has 2 heterocycles. The van der Waals surface area contributed by atoms with E-state index in [0.717, 1.165) is 28.1 Å². The Kier molecular flexibility index (Phi) is 6.20. The van der Waals surface area contributed by atoms with E-state index in [2.05, 4.69) is 35.9 Å². The fraction of sp³-hybridized carbons (Fsp3) is 0.316. The number of carboxylic acids is 1. The summed E-state index contributed by atoms with van der Waals surface area (Å²) < 4.78 is 13.5. The van der Waals surface area contributed by atoms with Gasteiger partial charge in [-0.05, 0) is 35.6 Å². The number of hydrogen-bond acceptors (Lipinski definition) is 5. The molecule has 2 aromatic rings. The van der Waals surface area contributed by atoms with Gasteiger partial charge in [-0.1, -0.05) is 25.1 Å². The van der Waals surface area contributed by atoms with Crippen LogP contribution in [0.5, 0.6) is 5.75 Å². The van der Waals surface area contributed by atoms with Crippen molar-refractivity contribution in [1.82, 2.24) is 3.11 Å². The number of halogens is 1. The van der Waals surface area contributed by atoms with Gasteiger partial charge in [0.25, 0.3) is 0 Å². The van der Waals surface area contributed by atoms with Gasteiger partial charge in [0.05, 0.1) is 30.0 Å². The van der Waals surface area contributed by atoms with Crippen LogP contribution in [0.1, 0.15) is 35.6 Å². The number of methoxy groups -OCH3 is 1. The molecule has 1 aliphatic rings. The number of carboxylic acid groups (broad SMARTS) is 1. The Balaban J connectivity index is 1.86. The third-order valence-corrected chi connectivity index (χ3v) is 6.31. The molecule has 0 radical (unpaired) electrons. The number of carbonyl (C=O) groups is 1. The van der Waals surface area contributed by atoms with Crippen LogP contribution in [0, 0.1) is 0 Å². The molecule has 0 aliphatic carbocycles. The monoisotopic (exact) mass is 485 g/mol. The molecule has 26 heavy (non-hydrogen) atoms. The Morgan fingerprint density at radius 3 is 2.85 bits per heavy atom. The van der Waals surface area contributed by atoms with Crippen LogP contribution in [0.2, 0.25) is 0 Å². The molecule has 0 amide bonds. The molecule has 1 unspecified atom stereocenters. The highest BCUT2D eigenvalue weighted by molar-refractivity contribution is 14.1. The lowest BCUT2D eigenvalue weighted by Crippen LogP contribution is -2.34. The molecule has 7 heteroatoms. The zero-order valence-electron chi connectivity index (χ0n) is 14.5. The van der Waals surface area contributed by atoms with Gasteiger partial charge < -0.3 is 14.6 Å². The smallest absolute Gasteiger partial charge is 0.333 e. The molecule has 0 saturated heterocycles. The highest BCUT2D eigenvalue weighted by atomic mass is 127. The first kappa shape index (κ1) is 19.2. The van der Waals surface area contributed by atoms with Gasteiger partial charge in [-0.15, -0.1) is 11.3 Å². The van der Waals surface area contributed by atoms with Crippen molar-refractivity contribution in [3.8, 4) is 5.75 Å². The fourth-order valence-corrected chi connectivity index (χ4v) is 4.72. The molecule has 1 aromatic carbocycles. The minimum Gasteiger partial charge on any atom is -0.496 e. The SMILES string of the molecule is CCC1=Cc2sccc2C(O[C@H](Cc2ccccc2OC)C(=O)O)N1I. The molecule has 1 N–H and O–H groups in total. The maximum Gasteiger partial charge on any atom is 0.333 e. The van der Waals surface area contributed by atoms with E-state index in [9.17, 15) is 9.90 Å². The summed E-state index contributed by atoms with van der Waals surface area (Å²) in [6, 6.07) is 9.43. The maximum absolute atomic E-state index is 11.9. The van der Waals surface area contributed by atoms with E-state index >= 15 is 0 Å². The van der Waals surface area contributed by atoms with Crippen LogP contribution in [-0.4, -0.2) is 27.4 Å². The molecular weight excluding hydrogens is 465 g/mol. The lowest BCUT2D eigenvalue weighted by Gasteiger charge is -2.34. The Morgan fingerprint density at radius 1 is 1.38 bits per heavy atom. The second-order valence-corrected chi connectivity index (χ2v) is 7.86. The number of ether oxygens (including phenoxy) is 2. The van der Waals surface area contributed by atoms with E-state index in [-0.39, 0.29) is 6.42 Å². The number of hydrogen-bond donors (Lipinski definition) is 1. The first-order valence-electron chi connectivity index (χ1n) is 8.28. The first-order valence-corrected chi connectivity index (χ1v) is 10.1. The number of aliphatic carboxylic acids is 1. The second kappa shape index (κ2) is 8.41. The standard InChI is InChI=1S/C19H20INO4S/c1-3-13-11-17-14(8-9-26-17)18(21(13)20)25-16(19(22)23)10-12-6-4-5-7-15(12)24-2/h4-9,11,16,18H,3,10H2,1-2H3,(H,22,23)/t16-,18?/m1/s1. The summed E-state index contributed by atoms with van der Waals surface area (Å²) in [5.41, 5.74) is 2.94. The number of rotatable bonds is 7. The van der Waals surface area contributed by atoms with Crippen LogP contribution in [0.4, 0.5) is 0 Å². The summed E-state index contributed by atoms with van der Waals surface area (Å²) in [4.78, 5) is 13.0. The summed E-state index contributed by atoms with van der Waals surface area (Å²) in [6.07, 6.45) is 1.84. The minimum atomic E-state index is -0.981. The highest BCUT2D eigenvalue weighted by Crippen LogP contribution is 2.41. The number of nitrogens with zero attached hydrogens (tertiary/aromatic N) is 1. The van der Waals surface area contributed by atoms with E-state index in [4.69, 9.17) is 9.47 Å². The zero-order valence-corrected chi connectivity index (χ0v) is 17.5. The van der Waals surface area contributed by atoms with Crippen molar-refractivity contribution in [2.24, 2.45) is 0 Å². The lowest BCUT2D eigenvalue weighted by molar-refractivity contribution is -0.158. The van der Waals surface area contributed by atoms with Crippen LogP contribution >= 0.6 is 34.2 Å². The summed E-state index contributed by atoms with van der Waals surface area (Å²) in [6.45, 7) is 2.08. The Morgan fingerprint density at radius 2 is 2.15 bits per heavy atom. The molecule has 1 aromatic heterocycles. The summed E-state index contributed by atoms with van der Waals surface area (Å²) in [5.74, 6) is -0.312. The van der Waals surface area contributed by atoms with Crippen molar-refractivity contribution in [2.45, 2.75) is 32.1 Å². The Hall–Kier alpha value is -1.58. The fourth-order valence-electron chi connectivity index (χ4n) is 2.94. The van der Waals surface area contributed by atoms with Crippen LogP contribution in [-0.2, 0) is 16.0 Å². The average Bonchev–Trinajstić information content (AvgIpc) is 3.11. The average molecular weight is 485 g/mol. The Labute approximate surface area is 170 Å². The van der Waals surface area contributed by atoms with Crippen molar-refractivity contribution >= 4 is 46.2 Å². The summed E-state index contributed by atoms with van der Waals surface area (Å²) in [7, 11) is 1.58. The van der Waals surface area contributed by atoms with Crippen LogP contribution < -0.4 is 4.74 Å².